The molecular weight excluding hydrogens is 243 g/mol. The van der Waals surface area contributed by atoms with E-state index in [1.54, 1.807) is 6.20 Å². The Kier molecular flexibility index (Phi) is 3.36. The number of pyridine rings is 1. The molecule has 0 radical (unpaired) electrons. The molecular formula is C12H16F3N3. The average Bonchev–Trinajstić information content (AvgIpc) is 2.32. The van der Waals surface area contributed by atoms with Crippen LogP contribution in [0.15, 0.2) is 12.3 Å². The van der Waals surface area contributed by atoms with Crippen LogP contribution in [-0.2, 0) is 0 Å². The van der Waals surface area contributed by atoms with Gasteiger partial charge < -0.3 is 10.6 Å². The highest BCUT2D eigenvalue weighted by atomic mass is 19.4. The maximum Gasteiger partial charge on any atom is 0.391 e. The van der Waals surface area contributed by atoms with Gasteiger partial charge in [-0.2, -0.15) is 13.2 Å². The number of aryl methyl sites for hydroxylation is 1. The van der Waals surface area contributed by atoms with Gasteiger partial charge in [0, 0.05) is 13.1 Å². The third-order valence-electron chi connectivity index (χ3n) is 3.42. The highest BCUT2D eigenvalue weighted by molar-refractivity contribution is 5.52. The number of rotatable bonds is 1. The molecule has 0 unspecified atom stereocenters. The summed E-state index contributed by atoms with van der Waals surface area (Å²) in [5.41, 5.74) is 7.17. The number of alkyl halides is 3. The molecule has 0 aromatic carbocycles. The zero-order valence-electron chi connectivity index (χ0n) is 10.2. The number of halogens is 3. The van der Waals surface area contributed by atoms with Gasteiger partial charge in [0.15, 0.2) is 0 Å². The molecule has 0 atom stereocenters. The van der Waals surface area contributed by atoms with Crippen LogP contribution in [0, 0.1) is 12.8 Å². The molecule has 2 heterocycles. The van der Waals surface area contributed by atoms with Crippen LogP contribution < -0.4 is 10.6 Å². The molecule has 0 bridgehead atoms. The number of nitrogens with zero attached hydrogens (tertiary/aromatic N) is 2. The van der Waals surface area contributed by atoms with Gasteiger partial charge in [0.2, 0.25) is 0 Å². The zero-order valence-corrected chi connectivity index (χ0v) is 10.2. The minimum atomic E-state index is -4.07. The predicted octanol–water partition coefficient (Wildman–Crippen LogP) is 2.75. The molecule has 2 rings (SSSR count). The summed E-state index contributed by atoms with van der Waals surface area (Å²) in [6.07, 6.45) is -2.25. The lowest BCUT2D eigenvalue weighted by Crippen LogP contribution is -2.39. The molecule has 1 fully saturated rings. The van der Waals surface area contributed by atoms with Crippen molar-refractivity contribution in [3.8, 4) is 0 Å². The number of aromatic nitrogens is 1. The third-order valence-corrected chi connectivity index (χ3v) is 3.42. The van der Waals surface area contributed by atoms with Crippen LogP contribution in [0.3, 0.4) is 0 Å². The SMILES string of the molecule is Cc1cc(N2CCC(C(F)(F)F)CC2)ncc1N. The molecule has 1 saturated heterocycles. The maximum absolute atomic E-state index is 12.5. The van der Waals surface area contributed by atoms with Crippen LogP contribution in [0.2, 0.25) is 0 Å². The van der Waals surface area contributed by atoms with Gasteiger partial charge in [-0.1, -0.05) is 0 Å². The molecule has 1 aromatic heterocycles. The zero-order chi connectivity index (χ0) is 13.3. The van der Waals surface area contributed by atoms with Gasteiger partial charge in [0.1, 0.15) is 5.82 Å². The van der Waals surface area contributed by atoms with Crippen molar-refractivity contribution < 1.29 is 13.2 Å². The van der Waals surface area contributed by atoms with E-state index in [1.807, 2.05) is 17.9 Å². The molecule has 1 aromatic rings. The smallest absolute Gasteiger partial charge is 0.391 e. The van der Waals surface area contributed by atoms with E-state index in [9.17, 15) is 13.2 Å². The molecule has 3 nitrogen and oxygen atoms in total. The van der Waals surface area contributed by atoms with Gasteiger partial charge in [0.05, 0.1) is 17.8 Å². The van der Waals surface area contributed by atoms with Gasteiger partial charge >= 0.3 is 6.18 Å². The van der Waals surface area contributed by atoms with Gasteiger partial charge in [0.25, 0.3) is 0 Å². The fourth-order valence-electron chi connectivity index (χ4n) is 2.16. The second-order valence-corrected chi connectivity index (χ2v) is 4.70. The molecule has 1 aliphatic rings. The summed E-state index contributed by atoms with van der Waals surface area (Å²) >= 11 is 0. The highest BCUT2D eigenvalue weighted by Gasteiger charge is 2.41. The maximum atomic E-state index is 12.5. The first kappa shape index (κ1) is 13.0. The topological polar surface area (TPSA) is 42.2 Å². The van der Waals surface area contributed by atoms with Crippen LogP contribution in [0.1, 0.15) is 18.4 Å². The summed E-state index contributed by atoms with van der Waals surface area (Å²) in [7, 11) is 0. The largest absolute Gasteiger partial charge is 0.397 e. The molecule has 0 saturated carbocycles. The fourth-order valence-corrected chi connectivity index (χ4v) is 2.16. The van der Waals surface area contributed by atoms with Crippen LogP contribution in [0.5, 0.6) is 0 Å². The number of piperidine rings is 1. The summed E-state index contributed by atoms with van der Waals surface area (Å²) in [6, 6.07) is 1.82. The summed E-state index contributed by atoms with van der Waals surface area (Å²) < 4.78 is 37.6. The van der Waals surface area contributed by atoms with Crippen molar-refractivity contribution in [1.82, 2.24) is 4.98 Å². The first-order chi connectivity index (χ1) is 8.38. The molecule has 2 N–H and O–H groups in total. The number of nitrogen functional groups attached to an aromatic ring is 1. The van der Waals surface area contributed by atoms with Crippen LogP contribution in [-0.4, -0.2) is 24.2 Å². The van der Waals surface area contributed by atoms with E-state index in [1.165, 1.54) is 0 Å². The first-order valence-corrected chi connectivity index (χ1v) is 5.91. The van der Waals surface area contributed by atoms with Crippen molar-refractivity contribution in [1.29, 1.82) is 0 Å². The summed E-state index contributed by atoms with van der Waals surface area (Å²) in [5.74, 6) is -0.467. The highest BCUT2D eigenvalue weighted by Crippen LogP contribution is 2.35. The second kappa shape index (κ2) is 4.66. The van der Waals surface area contributed by atoms with E-state index in [0.29, 0.717) is 24.6 Å². The molecule has 100 valence electrons. The average molecular weight is 259 g/mol. The number of hydrogen-bond donors (Lipinski definition) is 1. The Balaban J connectivity index is 2.03. The Labute approximate surface area is 104 Å². The Morgan fingerprint density at radius 2 is 1.94 bits per heavy atom. The Hall–Kier alpha value is -1.46. The van der Waals surface area contributed by atoms with Crippen LogP contribution >= 0.6 is 0 Å². The lowest BCUT2D eigenvalue weighted by Gasteiger charge is -2.33. The van der Waals surface area contributed by atoms with Crippen LogP contribution in [0.25, 0.3) is 0 Å². The monoisotopic (exact) mass is 259 g/mol. The molecule has 0 amide bonds. The van der Waals surface area contributed by atoms with Gasteiger partial charge in [-0.15, -0.1) is 0 Å². The molecule has 6 heteroatoms. The Morgan fingerprint density at radius 3 is 2.44 bits per heavy atom. The van der Waals surface area contributed by atoms with Gasteiger partial charge in [-0.05, 0) is 31.4 Å². The van der Waals surface area contributed by atoms with E-state index >= 15 is 0 Å². The quantitative estimate of drug-likeness (QED) is 0.843. The molecule has 0 aliphatic carbocycles. The van der Waals surface area contributed by atoms with Crippen molar-refractivity contribution >= 4 is 11.5 Å². The normalized spacial score (nSPS) is 18.1. The van der Waals surface area contributed by atoms with Crippen molar-refractivity contribution in [2.24, 2.45) is 5.92 Å². The van der Waals surface area contributed by atoms with Crippen molar-refractivity contribution in [3.05, 3.63) is 17.8 Å². The summed E-state index contributed by atoms with van der Waals surface area (Å²) in [5, 5.41) is 0. The van der Waals surface area contributed by atoms with E-state index in [-0.39, 0.29) is 12.8 Å². The standard InChI is InChI=1S/C12H16F3N3/c1-8-6-11(17-7-10(8)16)18-4-2-9(3-5-18)12(13,14)15/h6-7,9H,2-5,16H2,1H3. The van der Waals surface area contributed by atoms with E-state index in [4.69, 9.17) is 5.73 Å². The minimum Gasteiger partial charge on any atom is -0.397 e. The van der Waals surface area contributed by atoms with Crippen molar-refractivity contribution in [3.63, 3.8) is 0 Å². The van der Waals surface area contributed by atoms with Crippen molar-refractivity contribution in [2.75, 3.05) is 23.7 Å². The molecule has 0 spiro atoms. The number of hydrogen-bond acceptors (Lipinski definition) is 3. The van der Waals surface area contributed by atoms with E-state index in [0.717, 1.165) is 5.56 Å². The molecule has 18 heavy (non-hydrogen) atoms. The Bertz CT molecular complexity index is 423. The first-order valence-electron chi connectivity index (χ1n) is 5.91. The van der Waals surface area contributed by atoms with Gasteiger partial charge in [-0.25, -0.2) is 4.98 Å². The lowest BCUT2D eigenvalue weighted by molar-refractivity contribution is -0.179. The number of nitrogens with two attached hydrogens (primary N) is 1. The summed E-state index contributed by atoms with van der Waals surface area (Å²) in [6.45, 7) is 2.64. The third kappa shape index (κ3) is 2.68. The van der Waals surface area contributed by atoms with Crippen LogP contribution in [0.4, 0.5) is 24.7 Å². The second-order valence-electron chi connectivity index (χ2n) is 4.70. The fraction of sp³-hybridized carbons (Fsp3) is 0.583. The summed E-state index contributed by atoms with van der Waals surface area (Å²) in [4.78, 5) is 6.05. The number of anilines is 2. The van der Waals surface area contributed by atoms with E-state index in [2.05, 4.69) is 4.98 Å². The minimum absolute atomic E-state index is 0.134. The van der Waals surface area contributed by atoms with Crippen molar-refractivity contribution in [2.45, 2.75) is 25.9 Å². The lowest BCUT2D eigenvalue weighted by atomic mass is 9.96. The Morgan fingerprint density at radius 1 is 1.33 bits per heavy atom. The van der Waals surface area contributed by atoms with E-state index < -0.39 is 12.1 Å². The molecule has 1 aliphatic heterocycles. The predicted molar refractivity (Wildman–Crippen MR) is 64.4 cm³/mol. The van der Waals surface area contributed by atoms with Gasteiger partial charge in [-0.3, -0.25) is 0 Å².